The molecule has 0 aromatic heterocycles. The zero-order valence-corrected chi connectivity index (χ0v) is 9.57. The Bertz CT molecular complexity index is 376. The molecule has 5 heteroatoms. The molecule has 3 amide bonds. The maximum absolute atomic E-state index is 11.9. The molecule has 1 fully saturated rings. The van der Waals surface area contributed by atoms with Gasteiger partial charge >= 0.3 is 0 Å². The molecule has 0 aromatic rings. The van der Waals surface area contributed by atoms with E-state index < -0.39 is 6.04 Å². The van der Waals surface area contributed by atoms with Crippen LogP contribution in [0.5, 0.6) is 0 Å². The number of amides is 3. The van der Waals surface area contributed by atoms with E-state index in [4.69, 9.17) is 0 Å². The van der Waals surface area contributed by atoms with E-state index in [1.807, 2.05) is 6.08 Å². The molecule has 0 spiro atoms. The average Bonchev–Trinajstić information content (AvgIpc) is 2.34. The minimum absolute atomic E-state index is 0.0366. The highest BCUT2D eigenvalue weighted by molar-refractivity contribution is 6.01. The summed E-state index contributed by atoms with van der Waals surface area (Å²) in [5.74, 6) is -0.767. The number of nitrogens with one attached hydrogen (secondary N) is 2. The van der Waals surface area contributed by atoms with Crippen LogP contribution >= 0.6 is 0 Å². The summed E-state index contributed by atoms with van der Waals surface area (Å²) >= 11 is 0. The summed E-state index contributed by atoms with van der Waals surface area (Å²) in [6.45, 7) is 0. The summed E-state index contributed by atoms with van der Waals surface area (Å²) in [6, 6.07) is -0.550. The smallest absolute Gasteiger partial charge is 0.249 e. The Hall–Kier alpha value is -1.65. The largest absolute Gasteiger partial charge is 0.344 e. The van der Waals surface area contributed by atoms with Crippen LogP contribution in [0.4, 0.5) is 0 Å². The summed E-state index contributed by atoms with van der Waals surface area (Å²) in [6.07, 6.45) is 7.23. The minimum Gasteiger partial charge on any atom is -0.344 e. The van der Waals surface area contributed by atoms with Crippen LogP contribution in [-0.4, -0.2) is 23.8 Å². The Morgan fingerprint density at radius 2 is 2.12 bits per heavy atom. The second kappa shape index (κ2) is 5.12. The van der Waals surface area contributed by atoms with Crippen molar-refractivity contribution in [2.24, 2.45) is 5.92 Å². The molecule has 0 aromatic carbocycles. The first-order valence-electron chi connectivity index (χ1n) is 5.96. The molecule has 17 heavy (non-hydrogen) atoms. The molecule has 0 radical (unpaired) electrons. The van der Waals surface area contributed by atoms with Crippen molar-refractivity contribution in [2.45, 2.75) is 38.1 Å². The van der Waals surface area contributed by atoms with Crippen molar-refractivity contribution in [1.29, 1.82) is 0 Å². The molecule has 92 valence electrons. The van der Waals surface area contributed by atoms with Crippen molar-refractivity contribution in [1.82, 2.24) is 10.6 Å². The van der Waals surface area contributed by atoms with Crippen LogP contribution in [0.2, 0.25) is 0 Å². The standard InChI is InChI=1S/C12H16N2O3/c15-10-7-6-9(12(17)14-10)13-11(16)8-4-2-1-3-5-8/h1-2,8-9H,3-7H2,(H,13,16)(H,14,15,17)/t8-,9+/m0/s1. The Labute approximate surface area is 99.6 Å². The van der Waals surface area contributed by atoms with E-state index in [1.54, 1.807) is 0 Å². The van der Waals surface area contributed by atoms with Gasteiger partial charge in [-0.1, -0.05) is 12.2 Å². The van der Waals surface area contributed by atoms with Crippen LogP contribution in [0.15, 0.2) is 12.2 Å². The van der Waals surface area contributed by atoms with Crippen molar-refractivity contribution < 1.29 is 14.4 Å². The lowest BCUT2D eigenvalue weighted by Crippen LogP contribution is -2.53. The maximum atomic E-state index is 11.9. The molecule has 1 heterocycles. The molecule has 1 aliphatic carbocycles. The van der Waals surface area contributed by atoms with E-state index in [0.717, 1.165) is 19.3 Å². The number of carbonyl (C=O) groups excluding carboxylic acids is 3. The number of allylic oxidation sites excluding steroid dienone is 2. The Balaban J connectivity index is 1.87. The molecule has 2 N–H and O–H groups in total. The molecule has 2 atom stereocenters. The molecule has 0 unspecified atom stereocenters. The van der Waals surface area contributed by atoms with Crippen molar-refractivity contribution in [3.63, 3.8) is 0 Å². The molecular formula is C12H16N2O3. The van der Waals surface area contributed by atoms with Gasteiger partial charge in [-0.3, -0.25) is 19.7 Å². The normalized spacial score (nSPS) is 28.7. The lowest BCUT2D eigenvalue weighted by atomic mass is 9.93. The number of rotatable bonds is 2. The Morgan fingerprint density at radius 1 is 1.29 bits per heavy atom. The second-order valence-electron chi connectivity index (χ2n) is 4.49. The van der Waals surface area contributed by atoms with Gasteiger partial charge in [0, 0.05) is 12.3 Å². The topological polar surface area (TPSA) is 75.3 Å². The number of hydrogen-bond acceptors (Lipinski definition) is 3. The number of piperidine rings is 1. The monoisotopic (exact) mass is 236 g/mol. The van der Waals surface area contributed by atoms with Crippen LogP contribution < -0.4 is 10.6 Å². The van der Waals surface area contributed by atoms with Crippen LogP contribution in [0.25, 0.3) is 0 Å². The lowest BCUT2D eigenvalue weighted by Gasteiger charge is -2.24. The van der Waals surface area contributed by atoms with Crippen molar-refractivity contribution >= 4 is 17.7 Å². The van der Waals surface area contributed by atoms with Gasteiger partial charge in [0.05, 0.1) is 0 Å². The molecule has 1 aliphatic heterocycles. The highest BCUT2D eigenvalue weighted by Gasteiger charge is 2.29. The zero-order valence-electron chi connectivity index (χ0n) is 9.57. The van der Waals surface area contributed by atoms with E-state index in [2.05, 4.69) is 16.7 Å². The van der Waals surface area contributed by atoms with Crippen LogP contribution in [0, 0.1) is 5.92 Å². The summed E-state index contributed by atoms with van der Waals surface area (Å²) in [4.78, 5) is 34.3. The predicted octanol–water partition coefficient (Wildman–Crippen LogP) is 0.264. The number of imide groups is 1. The number of hydrogen-bond donors (Lipinski definition) is 2. The van der Waals surface area contributed by atoms with E-state index in [0.29, 0.717) is 12.8 Å². The van der Waals surface area contributed by atoms with E-state index in [9.17, 15) is 14.4 Å². The second-order valence-corrected chi connectivity index (χ2v) is 4.49. The predicted molar refractivity (Wildman–Crippen MR) is 60.8 cm³/mol. The highest BCUT2D eigenvalue weighted by atomic mass is 16.2. The van der Waals surface area contributed by atoms with Gasteiger partial charge in [0.25, 0.3) is 0 Å². The van der Waals surface area contributed by atoms with Gasteiger partial charge in [-0.25, -0.2) is 0 Å². The van der Waals surface area contributed by atoms with E-state index in [1.165, 1.54) is 0 Å². The molecule has 5 nitrogen and oxygen atoms in total. The van der Waals surface area contributed by atoms with Crippen molar-refractivity contribution in [2.75, 3.05) is 0 Å². The first-order chi connectivity index (χ1) is 8.16. The van der Waals surface area contributed by atoms with Crippen molar-refractivity contribution in [3.8, 4) is 0 Å². The lowest BCUT2D eigenvalue weighted by molar-refractivity contribution is -0.138. The summed E-state index contributed by atoms with van der Waals surface area (Å²) in [5.41, 5.74) is 0. The molecule has 2 aliphatic rings. The van der Waals surface area contributed by atoms with Gasteiger partial charge in [-0.15, -0.1) is 0 Å². The zero-order chi connectivity index (χ0) is 12.3. The quantitative estimate of drug-likeness (QED) is 0.533. The van der Waals surface area contributed by atoms with Gasteiger partial charge in [0.2, 0.25) is 17.7 Å². The van der Waals surface area contributed by atoms with Gasteiger partial charge in [0.15, 0.2) is 0 Å². The van der Waals surface area contributed by atoms with E-state index in [-0.39, 0.29) is 23.6 Å². The van der Waals surface area contributed by atoms with Crippen LogP contribution in [0.1, 0.15) is 32.1 Å². The van der Waals surface area contributed by atoms with Gasteiger partial charge in [-0.05, 0) is 25.7 Å². The summed E-state index contributed by atoms with van der Waals surface area (Å²) < 4.78 is 0. The molecule has 1 saturated heterocycles. The van der Waals surface area contributed by atoms with Gasteiger partial charge in [0.1, 0.15) is 6.04 Å². The fraction of sp³-hybridized carbons (Fsp3) is 0.583. The van der Waals surface area contributed by atoms with E-state index >= 15 is 0 Å². The molecule has 0 saturated carbocycles. The minimum atomic E-state index is -0.550. The maximum Gasteiger partial charge on any atom is 0.249 e. The highest BCUT2D eigenvalue weighted by Crippen LogP contribution is 2.18. The van der Waals surface area contributed by atoms with Crippen molar-refractivity contribution in [3.05, 3.63) is 12.2 Å². The third-order valence-electron chi connectivity index (χ3n) is 3.20. The number of carbonyl (C=O) groups is 3. The molecule has 0 bridgehead atoms. The average molecular weight is 236 g/mol. The third-order valence-corrected chi connectivity index (χ3v) is 3.20. The Kier molecular flexibility index (Phi) is 3.56. The van der Waals surface area contributed by atoms with Gasteiger partial charge < -0.3 is 5.32 Å². The SMILES string of the molecule is O=C1CC[C@@H](NC(=O)[C@H]2CC=CCC2)C(=O)N1. The first kappa shape index (κ1) is 11.8. The first-order valence-corrected chi connectivity index (χ1v) is 5.96. The Morgan fingerprint density at radius 3 is 2.76 bits per heavy atom. The fourth-order valence-corrected chi connectivity index (χ4v) is 2.15. The molecule has 2 rings (SSSR count). The fourth-order valence-electron chi connectivity index (χ4n) is 2.15. The summed E-state index contributed by atoms with van der Waals surface area (Å²) in [5, 5.41) is 4.95. The molecular weight excluding hydrogens is 220 g/mol. The third kappa shape index (κ3) is 2.93. The van der Waals surface area contributed by atoms with Crippen LogP contribution in [0.3, 0.4) is 0 Å². The summed E-state index contributed by atoms with van der Waals surface area (Å²) in [7, 11) is 0. The van der Waals surface area contributed by atoms with Crippen LogP contribution in [-0.2, 0) is 14.4 Å². The van der Waals surface area contributed by atoms with Gasteiger partial charge in [-0.2, -0.15) is 0 Å².